The maximum absolute atomic E-state index is 12.8. The molecule has 0 saturated carbocycles. The molecular weight excluding hydrogens is 302 g/mol. The van der Waals surface area contributed by atoms with Crippen molar-refractivity contribution in [3.8, 4) is 11.5 Å². The minimum Gasteiger partial charge on any atom is -0.493 e. The molecular formula is C20H21NO3. The van der Waals surface area contributed by atoms with Gasteiger partial charge in [-0.1, -0.05) is 18.2 Å². The fraction of sp³-hybridized carbons (Fsp3) is 0.250. The van der Waals surface area contributed by atoms with Crippen LogP contribution >= 0.6 is 0 Å². The minimum atomic E-state index is 0.0351. The van der Waals surface area contributed by atoms with Crippen LogP contribution < -0.4 is 14.4 Å². The van der Waals surface area contributed by atoms with Gasteiger partial charge in [-0.05, 0) is 49.2 Å². The van der Waals surface area contributed by atoms with E-state index >= 15 is 0 Å². The number of hydrogen-bond acceptors (Lipinski definition) is 3. The average molecular weight is 323 g/mol. The Labute approximate surface area is 142 Å². The molecule has 0 aliphatic carbocycles. The molecule has 1 heterocycles. The molecule has 0 radical (unpaired) electrons. The molecule has 4 nitrogen and oxygen atoms in total. The van der Waals surface area contributed by atoms with Crippen molar-refractivity contribution in [2.45, 2.75) is 13.8 Å². The number of hydrogen-bond donors (Lipinski definition) is 0. The first-order chi connectivity index (χ1) is 11.6. The Bertz CT molecular complexity index is 824. The van der Waals surface area contributed by atoms with Crippen molar-refractivity contribution in [3.05, 3.63) is 53.1 Å². The summed E-state index contributed by atoms with van der Waals surface area (Å²) in [7, 11) is 3.23. The van der Waals surface area contributed by atoms with Gasteiger partial charge in [0.1, 0.15) is 0 Å². The van der Waals surface area contributed by atoms with Crippen LogP contribution in [0.1, 0.15) is 23.6 Å². The second-order valence-electron chi connectivity index (χ2n) is 5.69. The van der Waals surface area contributed by atoms with Crippen LogP contribution in [0.5, 0.6) is 11.5 Å². The number of rotatable bonds is 4. The van der Waals surface area contributed by atoms with E-state index in [1.807, 2.05) is 56.3 Å². The molecule has 4 heteroatoms. The fourth-order valence-electron chi connectivity index (χ4n) is 3.07. The van der Waals surface area contributed by atoms with Crippen molar-refractivity contribution >= 4 is 23.2 Å². The molecule has 0 saturated heterocycles. The predicted octanol–water partition coefficient (Wildman–Crippen LogP) is 3.92. The smallest absolute Gasteiger partial charge is 0.258 e. The molecule has 1 aliphatic heterocycles. The zero-order valence-corrected chi connectivity index (χ0v) is 14.4. The molecule has 1 amide bonds. The Morgan fingerprint density at radius 1 is 1.08 bits per heavy atom. The number of carbonyl (C=O) groups is 1. The monoisotopic (exact) mass is 323 g/mol. The first kappa shape index (κ1) is 16.1. The van der Waals surface area contributed by atoms with Crippen LogP contribution in [0.2, 0.25) is 0 Å². The first-order valence-electron chi connectivity index (χ1n) is 7.96. The highest BCUT2D eigenvalue weighted by Gasteiger charge is 2.30. The summed E-state index contributed by atoms with van der Waals surface area (Å²) in [5.74, 6) is 1.37. The molecule has 0 atom stereocenters. The third kappa shape index (κ3) is 2.54. The van der Waals surface area contributed by atoms with Crippen molar-refractivity contribution in [2.75, 3.05) is 25.7 Å². The van der Waals surface area contributed by atoms with Gasteiger partial charge in [-0.15, -0.1) is 0 Å². The predicted molar refractivity (Wildman–Crippen MR) is 96.6 cm³/mol. The van der Waals surface area contributed by atoms with Gasteiger partial charge in [0.25, 0.3) is 5.91 Å². The minimum absolute atomic E-state index is 0.0351. The van der Waals surface area contributed by atoms with Crippen LogP contribution in [-0.4, -0.2) is 26.7 Å². The lowest BCUT2D eigenvalue weighted by atomic mass is 10.0. The molecule has 0 aromatic heterocycles. The third-order valence-electron chi connectivity index (χ3n) is 4.35. The SMILES string of the molecule is CCN1C(=O)/C(=C\c2cc(OC)c(OC)cc2C)c2ccccc21. The number of methoxy groups -OCH3 is 2. The molecule has 124 valence electrons. The maximum atomic E-state index is 12.8. The highest BCUT2D eigenvalue weighted by Crippen LogP contribution is 2.39. The number of amides is 1. The molecule has 24 heavy (non-hydrogen) atoms. The zero-order chi connectivity index (χ0) is 17.3. The Kier molecular flexibility index (Phi) is 4.30. The van der Waals surface area contributed by atoms with E-state index in [9.17, 15) is 4.79 Å². The van der Waals surface area contributed by atoms with E-state index in [-0.39, 0.29) is 5.91 Å². The van der Waals surface area contributed by atoms with Gasteiger partial charge < -0.3 is 14.4 Å². The van der Waals surface area contributed by atoms with Gasteiger partial charge in [-0.2, -0.15) is 0 Å². The van der Waals surface area contributed by atoms with Crippen molar-refractivity contribution in [1.82, 2.24) is 0 Å². The Morgan fingerprint density at radius 2 is 1.75 bits per heavy atom. The standard InChI is InChI=1S/C20H21NO3/c1-5-21-17-9-7-6-8-15(17)16(20(21)22)11-14-12-19(24-4)18(23-3)10-13(14)2/h6-12H,5H2,1-4H3/b16-11-. The van der Waals surface area contributed by atoms with Gasteiger partial charge >= 0.3 is 0 Å². The lowest BCUT2D eigenvalue weighted by Gasteiger charge is -2.13. The molecule has 0 unspecified atom stereocenters. The topological polar surface area (TPSA) is 38.8 Å². The van der Waals surface area contributed by atoms with Crippen LogP contribution in [0.4, 0.5) is 5.69 Å². The highest BCUT2D eigenvalue weighted by molar-refractivity contribution is 6.35. The first-order valence-corrected chi connectivity index (χ1v) is 7.96. The lowest BCUT2D eigenvalue weighted by molar-refractivity contribution is -0.112. The van der Waals surface area contributed by atoms with Crippen LogP contribution in [-0.2, 0) is 4.79 Å². The highest BCUT2D eigenvalue weighted by atomic mass is 16.5. The van der Waals surface area contributed by atoms with Gasteiger partial charge in [-0.25, -0.2) is 0 Å². The number of nitrogens with zero attached hydrogens (tertiary/aromatic N) is 1. The normalized spacial score (nSPS) is 14.9. The summed E-state index contributed by atoms with van der Waals surface area (Å²) in [5.41, 5.74) is 4.62. The molecule has 0 fully saturated rings. The van der Waals surface area contributed by atoms with Gasteiger partial charge in [0.2, 0.25) is 0 Å². The fourth-order valence-corrected chi connectivity index (χ4v) is 3.07. The van der Waals surface area contributed by atoms with Crippen LogP contribution in [0.3, 0.4) is 0 Å². The number of likely N-dealkylation sites (N-methyl/N-ethyl adjacent to an activating group) is 1. The van der Waals surface area contributed by atoms with Gasteiger partial charge in [0.15, 0.2) is 11.5 Å². The number of carbonyl (C=O) groups excluding carboxylic acids is 1. The van der Waals surface area contributed by atoms with E-state index in [1.165, 1.54) is 0 Å². The largest absolute Gasteiger partial charge is 0.493 e. The summed E-state index contributed by atoms with van der Waals surface area (Å²) in [6.07, 6.45) is 1.94. The summed E-state index contributed by atoms with van der Waals surface area (Å²) in [6.45, 7) is 4.63. The van der Waals surface area contributed by atoms with E-state index in [4.69, 9.17) is 9.47 Å². The molecule has 0 bridgehead atoms. The molecule has 1 aliphatic rings. The van der Waals surface area contributed by atoms with E-state index in [2.05, 4.69) is 0 Å². The van der Waals surface area contributed by atoms with Crippen LogP contribution in [0, 0.1) is 6.92 Å². The zero-order valence-electron chi connectivity index (χ0n) is 14.4. The summed E-state index contributed by atoms with van der Waals surface area (Å²) in [6, 6.07) is 11.7. The van der Waals surface area contributed by atoms with E-state index < -0.39 is 0 Å². The van der Waals surface area contributed by atoms with Crippen molar-refractivity contribution < 1.29 is 14.3 Å². The Morgan fingerprint density at radius 3 is 2.42 bits per heavy atom. The molecule has 0 spiro atoms. The van der Waals surface area contributed by atoms with Crippen molar-refractivity contribution in [3.63, 3.8) is 0 Å². The number of anilines is 1. The third-order valence-corrected chi connectivity index (χ3v) is 4.35. The van der Waals surface area contributed by atoms with E-state index in [0.717, 1.165) is 22.4 Å². The number of aryl methyl sites for hydroxylation is 1. The Hall–Kier alpha value is -2.75. The maximum Gasteiger partial charge on any atom is 0.258 e. The summed E-state index contributed by atoms with van der Waals surface area (Å²) < 4.78 is 10.7. The van der Waals surface area contributed by atoms with E-state index in [1.54, 1.807) is 19.1 Å². The van der Waals surface area contributed by atoms with Gasteiger partial charge in [0, 0.05) is 17.7 Å². The number of para-hydroxylation sites is 1. The summed E-state index contributed by atoms with van der Waals surface area (Å²) in [4.78, 5) is 14.6. The number of benzene rings is 2. The summed E-state index contributed by atoms with van der Waals surface area (Å²) in [5, 5.41) is 0. The summed E-state index contributed by atoms with van der Waals surface area (Å²) >= 11 is 0. The van der Waals surface area contributed by atoms with Crippen molar-refractivity contribution in [1.29, 1.82) is 0 Å². The molecule has 3 rings (SSSR count). The quantitative estimate of drug-likeness (QED) is 0.801. The van der Waals surface area contributed by atoms with E-state index in [0.29, 0.717) is 23.6 Å². The number of fused-ring (bicyclic) bond motifs is 1. The second-order valence-corrected chi connectivity index (χ2v) is 5.69. The lowest BCUT2D eigenvalue weighted by Crippen LogP contribution is -2.25. The molecule has 2 aromatic rings. The van der Waals surface area contributed by atoms with Crippen molar-refractivity contribution in [2.24, 2.45) is 0 Å². The van der Waals surface area contributed by atoms with Gasteiger partial charge in [-0.3, -0.25) is 4.79 Å². The van der Waals surface area contributed by atoms with Crippen LogP contribution in [0.25, 0.3) is 11.6 Å². The second kappa shape index (κ2) is 6.40. The molecule has 2 aromatic carbocycles. The Balaban J connectivity index is 2.14. The molecule has 0 N–H and O–H groups in total. The average Bonchev–Trinajstić information content (AvgIpc) is 2.87. The van der Waals surface area contributed by atoms with Gasteiger partial charge in [0.05, 0.1) is 19.9 Å². The number of ether oxygens (including phenoxy) is 2. The van der Waals surface area contributed by atoms with Crippen LogP contribution in [0.15, 0.2) is 36.4 Å².